The van der Waals surface area contributed by atoms with E-state index in [1.807, 2.05) is 13.8 Å². The van der Waals surface area contributed by atoms with Gasteiger partial charge in [0.1, 0.15) is 0 Å². The van der Waals surface area contributed by atoms with Crippen molar-refractivity contribution in [3.05, 3.63) is 0 Å². The molecule has 0 unspecified atom stereocenters. The molecule has 0 bridgehead atoms. The molecule has 0 aromatic rings. The lowest BCUT2D eigenvalue weighted by Gasteiger charge is -2.04. The Labute approximate surface area is 58.1 Å². The Bertz CT molecular complexity index is 53.6. The van der Waals surface area contributed by atoms with Gasteiger partial charge in [-0.2, -0.15) is 0 Å². The van der Waals surface area contributed by atoms with Gasteiger partial charge in [-0.3, -0.25) is 0 Å². The van der Waals surface area contributed by atoms with Crippen LogP contribution in [0.5, 0.6) is 0 Å². The molecule has 0 saturated heterocycles. The second kappa shape index (κ2) is 4.80. The Hall–Kier alpha value is -0.0400. The molecule has 56 valence electrons. The van der Waals surface area contributed by atoms with E-state index in [1.165, 1.54) is 12.8 Å². The standard InChI is InChI=1S/C6H12O.C2H6/c1-5-3-2-4-6(5)7;1-2/h5-7H,2-4H2,1H3;1-2H3/t5-,6-;/m0./s1. The SMILES string of the molecule is CC.C[C@H]1CCC[C@@H]1O. The lowest BCUT2D eigenvalue weighted by molar-refractivity contribution is 0.141. The average molecular weight is 130 g/mol. The summed E-state index contributed by atoms with van der Waals surface area (Å²) < 4.78 is 0. The fraction of sp³-hybridized carbons (Fsp3) is 1.00. The molecule has 1 aliphatic rings. The van der Waals surface area contributed by atoms with Crippen LogP contribution in [0, 0.1) is 5.92 Å². The Morgan fingerprint density at radius 1 is 1.22 bits per heavy atom. The van der Waals surface area contributed by atoms with Gasteiger partial charge < -0.3 is 5.11 Å². The van der Waals surface area contributed by atoms with Gasteiger partial charge in [0.05, 0.1) is 6.10 Å². The molecule has 2 atom stereocenters. The number of rotatable bonds is 0. The third kappa shape index (κ3) is 2.85. The first-order valence-electron chi connectivity index (χ1n) is 3.99. The van der Waals surface area contributed by atoms with Crippen molar-refractivity contribution in [2.24, 2.45) is 5.92 Å². The number of aliphatic hydroxyl groups excluding tert-OH is 1. The summed E-state index contributed by atoms with van der Waals surface area (Å²) in [6.07, 6.45) is 3.49. The molecule has 1 fully saturated rings. The van der Waals surface area contributed by atoms with Crippen molar-refractivity contribution in [3.63, 3.8) is 0 Å². The first-order valence-corrected chi connectivity index (χ1v) is 3.99. The quantitative estimate of drug-likeness (QED) is 0.533. The zero-order valence-corrected chi connectivity index (χ0v) is 6.72. The van der Waals surface area contributed by atoms with Crippen molar-refractivity contribution in [2.75, 3.05) is 0 Å². The zero-order valence-electron chi connectivity index (χ0n) is 6.72. The predicted molar refractivity (Wildman–Crippen MR) is 40.4 cm³/mol. The van der Waals surface area contributed by atoms with Crippen LogP contribution in [0.15, 0.2) is 0 Å². The Kier molecular flexibility index (Phi) is 4.78. The summed E-state index contributed by atoms with van der Waals surface area (Å²) >= 11 is 0. The maximum atomic E-state index is 9.00. The first-order chi connectivity index (χ1) is 4.30. The van der Waals surface area contributed by atoms with E-state index in [0.29, 0.717) is 5.92 Å². The van der Waals surface area contributed by atoms with Crippen molar-refractivity contribution in [3.8, 4) is 0 Å². The number of hydrogen-bond donors (Lipinski definition) is 1. The highest BCUT2D eigenvalue weighted by molar-refractivity contribution is 4.71. The van der Waals surface area contributed by atoms with E-state index in [2.05, 4.69) is 6.92 Å². The Morgan fingerprint density at radius 3 is 1.89 bits per heavy atom. The molecule has 1 saturated carbocycles. The van der Waals surface area contributed by atoms with E-state index in [-0.39, 0.29) is 6.10 Å². The Balaban J connectivity index is 0.000000291. The van der Waals surface area contributed by atoms with Crippen LogP contribution in [-0.2, 0) is 0 Å². The van der Waals surface area contributed by atoms with Crippen molar-refractivity contribution in [1.29, 1.82) is 0 Å². The largest absolute Gasteiger partial charge is 0.393 e. The van der Waals surface area contributed by atoms with E-state index in [1.54, 1.807) is 0 Å². The molecular formula is C8H18O. The van der Waals surface area contributed by atoms with Crippen LogP contribution in [0.4, 0.5) is 0 Å². The van der Waals surface area contributed by atoms with Gasteiger partial charge in [0, 0.05) is 0 Å². The van der Waals surface area contributed by atoms with Crippen LogP contribution >= 0.6 is 0 Å². The van der Waals surface area contributed by atoms with Gasteiger partial charge in [0.2, 0.25) is 0 Å². The third-order valence-corrected chi connectivity index (χ3v) is 1.82. The monoisotopic (exact) mass is 130 g/mol. The van der Waals surface area contributed by atoms with Crippen LogP contribution in [0.25, 0.3) is 0 Å². The maximum Gasteiger partial charge on any atom is 0.0565 e. The molecule has 0 aromatic carbocycles. The van der Waals surface area contributed by atoms with Crippen LogP contribution in [0.3, 0.4) is 0 Å². The molecule has 9 heavy (non-hydrogen) atoms. The van der Waals surface area contributed by atoms with Gasteiger partial charge in [-0.15, -0.1) is 0 Å². The molecule has 0 aromatic heterocycles. The van der Waals surface area contributed by atoms with Gasteiger partial charge in [-0.25, -0.2) is 0 Å². The molecule has 1 heteroatoms. The highest BCUT2D eigenvalue weighted by atomic mass is 16.3. The fourth-order valence-electron chi connectivity index (χ4n) is 1.13. The first kappa shape index (κ1) is 8.96. The van der Waals surface area contributed by atoms with Gasteiger partial charge in [0.25, 0.3) is 0 Å². The van der Waals surface area contributed by atoms with Crippen molar-refractivity contribution < 1.29 is 5.11 Å². The maximum absolute atomic E-state index is 9.00. The summed E-state index contributed by atoms with van der Waals surface area (Å²) in [4.78, 5) is 0. The minimum atomic E-state index is 0.0139. The highest BCUT2D eigenvalue weighted by Crippen LogP contribution is 2.23. The smallest absolute Gasteiger partial charge is 0.0565 e. The predicted octanol–water partition coefficient (Wildman–Crippen LogP) is 2.19. The van der Waals surface area contributed by atoms with E-state index < -0.39 is 0 Å². The van der Waals surface area contributed by atoms with Crippen LogP contribution < -0.4 is 0 Å². The molecule has 1 rings (SSSR count). The molecule has 1 aliphatic carbocycles. The lowest BCUT2D eigenvalue weighted by Crippen LogP contribution is -2.07. The van der Waals surface area contributed by atoms with Crippen molar-refractivity contribution in [1.82, 2.24) is 0 Å². The van der Waals surface area contributed by atoms with Gasteiger partial charge in [-0.1, -0.05) is 27.2 Å². The van der Waals surface area contributed by atoms with Gasteiger partial charge in [-0.05, 0) is 18.8 Å². The normalized spacial score (nSPS) is 33.3. The van der Waals surface area contributed by atoms with Crippen LogP contribution in [0.1, 0.15) is 40.0 Å². The molecule has 0 radical (unpaired) electrons. The number of hydrogen-bond acceptors (Lipinski definition) is 1. The number of aliphatic hydroxyl groups is 1. The third-order valence-electron chi connectivity index (χ3n) is 1.82. The molecule has 0 spiro atoms. The average Bonchev–Trinajstić information content (AvgIpc) is 2.23. The topological polar surface area (TPSA) is 20.2 Å². The summed E-state index contributed by atoms with van der Waals surface area (Å²) in [5, 5.41) is 9.00. The second-order valence-electron chi connectivity index (χ2n) is 2.48. The summed E-state index contributed by atoms with van der Waals surface area (Å²) in [5.41, 5.74) is 0. The highest BCUT2D eigenvalue weighted by Gasteiger charge is 2.19. The van der Waals surface area contributed by atoms with E-state index in [9.17, 15) is 0 Å². The molecule has 1 N–H and O–H groups in total. The van der Waals surface area contributed by atoms with E-state index >= 15 is 0 Å². The minimum absolute atomic E-state index is 0.0139. The zero-order chi connectivity index (χ0) is 7.28. The second-order valence-corrected chi connectivity index (χ2v) is 2.48. The van der Waals surface area contributed by atoms with Crippen molar-refractivity contribution in [2.45, 2.75) is 46.1 Å². The van der Waals surface area contributed by atoms with E-state index in [4.69, 9.17) is 5.11 Å². The summed E-state index contributed by atoms with van der Waals surface area (Å²) in [7, 11) is 0. The fourth-order valence-corrected chi connectivity index (χ4v) is 1.13. The Morgan fingerprint density at radius 2 is 1.78 bits per heavy atom. The van der Waals surface area contributed by atoms with Crippen LogP contribution in [-0.4, -0.2) is 11.2 Å². The molecule has 0 heterocycles. The summed E-state index contributed by atoms with van der Waals surface area (Å²) in [6, 6.07) is 0. The molecule has 0 aliphatic heterocycles. The van der Waals surface area contributed by atoms with Gasteiger partial charge in [0.15, 0.2) is 0 Å². The lowest BCUT2D eigenvalue weighted by atomic mass is 10.1. The summed E-state index contributed by atoms with van der Waals surface area (Å²) in [5.74, 6) is 0.569. The molecular weight excluding hydrogens is 112 g/mol. The summed E-state index contributed by atoms with van der Waals surface area (Å²) in [6.45, 7) is 6.11. The minimum Gasteiger partial charge on any atom is -0.393 e. The van der Waals surface area contributed by atoms with Gasteiger partial charge >= 0.3 is 0 Å². The van der Waals surface area contributed by atoms with Crippen LogP contribution in [0.2, 0.25) is 0 Å². The molecule has 0 amide bonds. The molecule has 1 nitrogen and oxygen atoms in total. The van der Waals surface area contributed by atoms with E-state index in [0.717, 1.165) is 6.42 Å². The van der Waals surface area contributed by atoms with Crippen molar-refractivity contribution >= 4 is 0 Å².